The highest BCUT2D eigenvalue weighted by atomic mass is 35.5. The van der Waals surface area contributed by atoms with Gasteiger partial charge in [-0.3, -0.25) is 4.79 Å². The Morgan fingerprint density at radius 2 is 1.73 bits per heavy atom. The molecule has 15 heavy (non-hydrogen) atoms. The number of hydrogen-bond donors (Lipinski definition) is 2. The molecule has 0 heterocycles. The van der Waals surface area contributed by atoms with Gasteiger partial charge in [-0.1, -0.05) is 23.2 Å². The molecular weight excluding hydrogens is 241 g/mol. The van der Waals surface area contributed by atoms with Gasteiger partial charge in [-0.15, -0.1) is 0 Å². The monoisotopic (exact) mass is 247 g/mol. The molecule has 0 spiro atoms. The molecule has 0 fully saturated rings. The highest BCUT2D eigenvalue weighted by Crippen LogP contribution is 2.31. The van der Waals surface area contributed by atoms with Crippen molar-refractivity contribution in [3.8, 4) is 0 Å². The molecule has 2 N–H and O–H groups in total. The molecule has 0 radical (unpaired) electrons. The van der Waals surface area contributed by atoms with Gasteiger partial charge in [0.15, 0.2) is 0 Å². The molecule has 0 saturated carbocycles. The lowest BCUT2D eigenvalue weighted by Gasteiger charge is -2.08. The maximum Gasteiger partial charge on any atom is 0.335 e. The molecule has 0 saturated heterocycles. The second-order valence-electron chi connectivity index (χ2n) is 2.80. The number of nitrogens with one attached hydrogen (secondary N) is 1. The lowest BCUT2D eigenvalue weighted by atomic mass is 10.2. The van der Waals surface area contributed by atoms with E-state index in [1.54, 1.807) is 0 Å². The van der Waals surface area contributed by atoms with Crippen LogP contribution in [0.1, 0.15) is 17.3 Å². The lowest BCUT2D eigenvalue weighted by molar-refractivity contribution is -0.114. The van der Waals surface area contributed by atoms with E-state index in [1.165, 1.54) is 19.1 Å². The molecule has 0 atom stereocenters. The van der Waals surface area contributed by atoms with E-state index in [0.29, 0.717) is 0 Å². The van der Waals surface area contributed by atoms with Gasteiger partial charge in [0.05, 0.1) is 21.3 Å². The van der Waals surface area contributed by atoms with E-state index in [1.807, 2.05) is 0 Å². The quantitative estimate of drug-likeness (QED) is 0.845. The fourth-order valence-corrected chi connectivity index (χ4v) is 1.57. The third kappa shape index (κ3) is 2.84. The Labute approximate surface area is 95.8 Å². The standard InChI is InChI=1S/C9H7Cl2NO3/c1-4(13)12-8-6(10)2-5(9(14)15)3-7(8)11/h2-3H,1H3,(H,12,13)(H,14,15). The molecule has 0 aliphatic heterocycles. The Morgan fingerprint density at radius 3 is 2.07 bits per heavy atom. The van der Waals surface area contributed by atoms with Gasteiger partial charge in [-0.05, 0) is 12.1 Å². The number of carbonyl (C=O) groups excluding carboxylic acids is 1. The summed E-state index contributed by atoms with van der Waals surface area (Å²) in [6, 6.07) is 2.45. The van der Waals surface area contributed by atoms with Crippen LogP contribution >= 0.6 is 23.2 Å². The van der Waals surface area contributed by atoms with E-state index in [9.17, 15) is 9.59 Å². The van der Waals surface area contributed by atoms with Gasteiger partial charge < -0.3 is 10.4 Å². The molecule has 0 bridgehead atoms. The number of carbonyl (C=O) groups is 2. The Hall–Kier alpha value is -1.26. The second kappa shape index (κ2) is 4.51. The van der Waals surface area contributed by atoms with Crippen molar-refractivity contribution in [3.05, 3.63) is 27.7 Å². The van der Waals surface area contributed by atoms with Gasteiger partial charge in [-0.25, -0.2) is 4.79 Å². The summed E-state index contributed by atoms with van der Waals surface area (Å²) in [6.07, 6.45) is 0. The molecule has 0 unspecified atom stereocenters. The minimum absolute atomic E-state index is 0.0286. The Morgan fingerprint density at radius 1 is 1.27 bits per heavy atom. The average molecular weight is 248 g/mol. The number of carboxylic acids is 1. The highest BCUT2D eigenvalue weighted by Gasteiger charge is 2.12. The van der Waals surface area contributed by atoms with Crippen LogP contribution in [0.15, 0.2) is 12.1 Å². The molecular formula is C9H7Cl2NO3. The Balaban J connectivity index is 3.21. The van der Waals surface area contributed by atoms with Crippen molar-refractivity contribution in [1.29, 1.82) is 0 Å². The SMILES string of the molecule is CC(=O)Nc1c(Cl)cc(C(=O)O)cc1Cl. The van der Waals surface area contributed by atoms with E-state index in [-0.39, 0.29) is 27.2 Å². The maximum atomic E-state index is 10.8. The first-order valence-electron chi connectivity index (χ1n) is 3.91. The predicted molar refractivity (Wildman–Crippen MR) is 57.7 cm³/mol. The van der Waals surface area contributed by atoms with Gasteiger partial charge in [0.2, 0.25) is 5.91 Å². The van der Waals surface area contributed by atoms with Crippen molar-refractivity contribution in [2.45, 2.75) is 6.92 Å². The number of amides is 1. The minimum Gasteiger partial charge on any atom is -0.478 e. The molecule has 1 aromatic carbocycles. The molecule has 1 aromatic rings. The van der Waals surface area contributed by atoms with Gasteiger partial charge >= 0.3 is 5.97 Å². The first-order chi connectivity index (χ1) is 6.91. The lowest BCUT2D eigenvalue weighted by Crippen LogP contribution is -2.07. The summed E-state index contributed by atoms with van der Waals surface area (Å²) in [5, 5.41) is 11.3. The van der Waals surface area contributed by atoms with Crippen LogP contribution < -0.4 is 5.32 Å². The Bertz CT molecular complexity index is 408. The smallest absolute Gasteiger partial charge is 0.335 e. The zero-order valence-electron chi connectivity index (χ0n) is 7.67. The highest BCUT2D eigenvalue weighted by molar-refractivity contribution is 6.40. The van der Waals surface area contributed by atoms with E-state index in [0.717, 1.165) is 0 Å². The molecule has 6 heteroatoms. The number of rotatable bonds is 2. The van der Waals surface area contributed by atoms with Gasteiger partial charge in [-0.2, -0.15) is 0 Å². The van der Waals surface area contributed by atoms with E-state index in [4.69, 9.17) is 28.3 Å². The topological polar surface area (TPSA) is 66.4 Å². The van der Waals surface area contributed by atoms with Crippen LogP contribution in [0.3, 0.4) is 0 Å². The molecule has 0 aliphatic carbocycles. The van der Waals surface area contributed by atoms with Crippen LogP contribution in [-0.2, 0) is 4.79 Å². The summed E-state index contributed by atoms with van der Waals surface area (Å²) >= 11 is 11.5. The number of benzene rings is 1. The van der Waals surface area contributed by atoms with Crippen LogP contribution in [0.5, 0.6) is 0 Å². The molecule has 1 amide bonds. The van der Waals surface area contributed by atoms with Crippen molar-refractivity contribution >= 4 is 40.8 Å². The Kier molecular flexibility index (Phi) is 3.55. The van der Waals surface area contributed by atoms with Crippen LogP contribution in [0.2, 0.25) is 10.0 Å². The van der Waals surface area contributed by atoms with Crippen LogP contribution in [0, 0.1) is 0 Å². The zero-order valence-corrected chi connectivity index (χ0v) is 9.19. The number of aromatic carboxylic acids is 1. The summed E-state index contributed by atoms with van der Waals surface area (Å²) in [5.41, 5.74) is 0.190. The first-order valence-corrected chi connectivity index (χ1v) is 4.67. The van der Waals surface area contributed by atoms with E-state index in [2.05, 4.69) is 5.32 Å². The summed E-state index contributed by atoms with van der Waals surface area (Å²) in [5.74, 6) is -1.46. The van der Waals surface area contributed by atoms with Crippen LogP contribution in [-0.4, -0.2) is 17.0 Å². The van der Waals surface area contributed by atoms with Gasteiger partial charge in [0.25, 0.3) is 0 Å². The molecule has 4 nitrogen and oxygen atoms in total. The molecule has 80 valence electrons. The second-order valence-corrected chi connectivity index (χ2v) is 3.62. The largest absolute Gasteiger partial charge is 0.478 e. The maximum absolute atomic E-state index is 10.8. The van der Waals surface area contributed by atoms with Crippen molar-refractivity contribution in [3.63, 3.8) is 0 Å². The van der Waals surface area contributed by atoms with Crippen molar-refractivity contribution in [2.24, 2.45) is 0 Å². The summed E-state index contributed by atoms with van der Waals surface area (Å²) < 4.78 is 0. The summed E-state index contributed by atoms with van der Waals surface area (Å²) in [4.78, 5) is 21.4. The van der Waals surface area contributed by atoms with Crippen molar-refractivity contribution < 1.29 is 14.7 Å². The zero-order chi connectivity index (χ0) is 11.6. The van der Waals surface area contributed by atoms with Crippen molar-refractivity contribution in [1.82, 2.24) is 0 Å². The van der Waals surface area contributed by atoms with Crippen LogP contribution in [0.25, 0.3) is 0 Å². The normalized spacial score (nSPS) is 9.80. The van der Waals surface area contributed by atoms with Gasteiger partial charge in [0, 0.05) is 6.92 Å². The van der Waals surface area contributed by atoms with Gasteiger partial charge in [0.1, 0.15) is 0 Å². The third-order valence-electron chi connectivity index (χ3n) is 1.59. The number of halogens is 2. The third-order valence-corrected chi connectivity index (χ3v) is 2.19. The fraction of sp³-hybridized carbons (Fsp3) is 0.111. The average Bonchev–Trinajstić information content (AvgIpc) is 2.10. The van der Waals surface area contributed by atoms with E-state index < -0.39 is 5.97 Å². The molecule has 0 aliphatic rings. The minimum atomic E-state index is -1.13. The first kappa shape index (κ1) is 11.8. The van der Waals surface area contributed by atoms with E-state index >= 15 is 0 Å². The van der Waals surface area contributed by atoms with Crippen LogP contribution in [0.4, 0.5) is 5.69 Å². The number of carboxylic acid groups (broad SMARTS) is 1. The molecule has 0 aromatic heterocycles. The fourth-order valence-electron chi connectivity index (χ4n) is 0.992. The number of hydrogen-bond acceptors (Lipinski definition) is 2. The predicted octanol–water partition coefficient (Wildman–Crippen LogP) is 2.65. The molecule has 1 rings (SSSR count). The number of anilines is 1. The van der Waals surface area contributed by atoms with Crippen molar-refractivity contribution in [2.75, 3.05) is 5.32 Å². The summed E-state index contributed by atoms with van der Waals surface area (Å²) in [6.45, 7) is 1.30. The summed E-state index contributed by atoms with van der Waals surface area (Å²) in [7, 11) is 0.